The van der Waals surface area contributed by atoms with Crippen LogP contribution in [0.25, 0.3) is 0 Å². The quantitative estimate of drug-likeness (QED) is 0.947. The van der Waals surface area contributed by atoms with Crippen molar-refractivity contribution in [1.29, 1.82) is 0 Å². The molecule has 2 aromatic rings. The number of amides is 1. The van der Waals surface area contributed by atoms with Crippen LogP contribution in [0, 0.1) is 12.7 Å². The molecule has 118 valence electrons. The summed E-state index contributed by atoms with van der Waals surface area (Å²) in [5.41, 5.74) is 0.566. The molecule has 0 saturated carbocycles. The minimum atomic E-state index is -1.19. The predicted molar refractivity (Wildman–Crippen MR) is 84.6 cm³/mol. The summed E-state index contributed by atoms with van der Waals surface area (Å²) in [7, 11) is 0. The lowest BCUT2D eigenvalue weighted by Gasteiger charge is -2.20. The Hall–Kier alpha value is -2.76. The fourth-order valence-electron chi connectivity index (χ4n) is 2.29. The van der Waals surface area contributed by atoms with Crippen LogP contribution >= 0.6 is 0 Å². The zero-order valence-electron chi connectivity index (χ0n) is 12.8. The van der Waals surface area contributed by atoms with Gasteiger partial charge in [0.05, 0.1) is 5.71 Å². The number of benzene rings is 1. The SMILES string of the molecule is Cc1ccc(NC(=O)[C@]2(C)CC(c3ccccc3F)=NO2)nc1. The summed E-state index contributed by atoms with van der Waals surface area (Å²) >= 11 is 0. The molecular weight excluding hydrogens is 297 g/mol. The zero-order chi connectivity index (χ0) is 16.4. The normalized spacial score (nSPS) is 19.9. The summed E-state index contributed by atoms with van der Waals surface area (Å²) in [5, 5.41) is 6.59. The lowest BCUT2D eigenvalue weighted by molar-refractivity contribution is -0.135. The number of carbonyl (C=O) groups is 1. The number of rotatable bonds is 3. The number of nitrogens with one attached hydrogen (secondary N) is 1. The Bertz CT molecular complexity index is 774. The van der Waals surface area contributed by atoms with Gasteiger partial charge in [-0.1, -0.05) is 29.4 Å². The summed E-state index contributed by atoms with van der Waals surface area (Å²) in [6, 6.07) is 9.84. The Balaban J connectivity index is 1.73. The van der Waals surface area contributed by atoms with Gasteiger partial charge >= 0.3 is 0 Å². The molecule has 0 saturated heterocycles. The second kappa shape index (κ2) is 5.79. The Labute approximate surface area is 133 Å². The van der Waals surface area contributed by atoms with Gasteiger partial charge in [0.15, 0.2) is 0 Å². The highest BCUT2D eigenvalue weighted by Gasteiger charge is 2.42. The van der Waals surface area contributed by atoms with E-state index in [1.54, 1.807) is 37.4 Å². The zero-order valence-corrected chi connectivity index (χ0v) is 12.8. The molecule has 1 atom stereocenters. The molecule has 0 bridgehead atoms. The summed E-state index contributed by atoms with van der Waals surface area (Å²) in [5.74, 6) is -0.326. The van der Waals surface area contributed by atoms with Gasteiger partial charge in [0.2, 0.25) is 5.60 Å². The molecule has 3 rings (SSSR count). The first-order valence-electron chi connectivity index (χ1n) is 7.22. The predicted octanol–water partition coefficient (Wildman–Crippen LogP) is 3.05. The molecule has 0 spiro atoms. The van der Waals surface area contributed by atoms with Gasteiger partial charge in [-0.3, -0.25) is 4.79 Å². The van der Waals surface area contributed by atoms with Crippen molar-refractivity contribution in [2.75, 3.05) is 5.32 Å². The van der Waals surface area contributed by atoms with Crippen molar-refractivity contribution in [2.24, 2.45) is 5.16 Å². The summed E-state index contributed by atoms with van der Waals surface area (Å²) in [6.45, 7) is 3.53. The van der Waals surface area contributed by atoms with Gasteiger partial charge < -0.3 is 10.2 Å². The standard InChI is InChI=1S/C17H16FN3O2/c1-11-7-8-15(19-10-11)20-16(22)17(2)9-14(21-23-17)12-5-3-4-6-13(12)18/h3-8,10H,9H2,1-2H3,(H,19,20,22)/t17-/m0/s1. The molecule has 0 unspecified atom stereocenters. The van der Waals surface area contributed by atoms with Crippen molar-refractivity contribution in [2.45, 2.75) is 25.9 Å². The molecule has 0 radical (unpaired) electrons. The van der Waals surface area contributed by atoms with Crippen molar-refractivity contribution in [1.82, 2.24) is 4.98 Å². The van der Waals surface area contributed by atoms with Gasteiger partial charge in [-0.25, -0.2) is 9.37 Å². The highest BCUT2D eigenvalue weighted by Crippen LogP contribution is 2.28. The maximum Gasteiger partial charge on any atom is 0.272 e. The number of pyridine rings is 1. The number of aryl methyl sites for hydroxylation is 1. The Morgan fingerprint density at radius 3 is 2.78 bits per heavy atom. The minimum absolute atomic E-state index is 0.186. The van der Waals surface area contributed by atoms with Crippen molar-refractivity contribution in [3.63, 3.8) is 0 Å². The third-order valence-electron chi connectivity index (χ3n) is 3.68. The molecule has 1 aromatic heterocycles. The van der Waals surface area contributed by atoms with E-state index in [1.807, 2.05) is 13.0 Å². The first-order chi connectivity index (χ1) is 11.0. The minimum Gasteiger partial charge on any atom is -0.379 e. The van der Waals surface area contributed by atoms with E-state index in [4.69, 9.17) is 4.84 Å². The van der Waals surface area contributed by atoms with E-state index in [9.17, 15) is 9.18 Å². The lowest BCUT2D eigenvalue weighted by atomic mass is 9.95. The Kier molecular flexibility index (Phi) is 3.82. The molecule has 6 heteroatoms. The van der Waals surface area contributed by atoms with Gasteiger partial charge in [-0.15, -0.1) is 0 Å². The smallest absolute Gasteiger partial charge is 0.272 e. The van der Waals surface area contributed by atoms with Crippen molar-refractivity contribution in [3.8, 4) is 0 Å². The fourth-order valence-corrected chi connectivity index (χ4v) is 2.29. The number of oxime groups is 1. The van der Waals surface area contributed by atoms with E-state index >= 15 is 0 Å². The van der Waals surface area contributed by atoms with Crippen molar-refractivity contribution in [3.05, 3.63) is 59.5 Å². The number of hydrogen-bond donors (Lipinski definition) is 1. The fraction of sp³-hybridized carbons (Fsp3) is 0.235. The summed E-state index contributed by atoms with van der Waals surface area (Å²) in [4.78, 5) is 21.9. The third-order valence-corrected chi connectivity index (χ3v) is 3.68. The molecule has 1 aliphatic heterocycles. The number of carbonyl (C=O) groups excluding carboxylic acids is 1. The molecule has 23 heavy (non-hydrogen) atoms. The molecule has 1 aromatic carbocycles. The first-order valence-corrected chi connectivity index (χ1v) is 7.22. The number of aromatic nitrogens is 1. The maximum absolute atomic E-state index is 13.8. The van der Waals surface area contributed by atoms with Gasteiger partial charge in [0, 0.05) is 18.2 Å². The van der Waals surface area contributed by atoms with Crippen molar-refractivity contribution < 1.29 is 14.0 Å². The number of anilines is 1. The van der Waals surface area contributed by atoms with Crippen LogP contribution in [0.4, 0.5) is 10.2 Å². The molecular formula is C17H16FN3O2. The first kappa shape index (κ1) is 15.1. The van der Waals surface area contributed by atoms with Crippen LogP contribution in [-0.2, 0) is 9.63 Å². The van der Waals surface area contributed by atoms with Gasteiger partial charge in [0.1, 0.15) is 11.6 Å². The van der Waals surface area contributed by atoms with Gasteiger partial charge in [-0.05, 0) is 31.5 Å². The highest BCUT2D eigenvalue weighted by molar-refractivity contribution is 6.07. The average molecular weight is 313 g/mol. The van der Waals surface area contributed by atoms with E-state index in [1.165, 1.54) is 6.07 Å². The van der Waals surface area contributed by atoms with Gasteiger partial charge in [-0.2, -0.15) is 0 Å². The highest BCUT2D eigenvalue weighted by atomic mass is 19.1. The van der Waals surface area contributed by atoms with Crippen molar-refractivity contribution >= 4 is 17.4 Å². The number of halogens is 1. The second-order valence-electron chi connectivity index (χ2n) is 5.69. The third kappa shape index (κ3) is 3.06. The van der Waals surface area contributed by atoms with Crippen LogP contribution in [0.3, 0.4) is 0 Å². The largest absolute Gasteiger partial charge is 0.379 e. The number of nitrogens with zero attached hydrogens (tertiary/aromatic N) is 2. The Morgan fingerprint density at radius 2 is 2.09 bits per heavy atom. The molecule has 0 aliphatic carbocycles. The van der Waals surface area contributed by atoms with Crippen LogP contribution in [0.2, 0.25) is 0 Å². The maximum atomic E-state index is 13.8. The van der Waals surface area contributed by atoms with Crippen LogP contribution < -0.4 is 5.32 Å². The molecule has 0 fully saturated rings. The second-order valence-corrected chi connectivity index (χ2v) is 5.69. The van der Waals surface area contributed by atoms with Crippen LogP contribution in [-0.4, -0.2) is 22.2 Å². The van der Waals surface area contributed by atoms with Crippen LogP contribution in [0.15, 0.2) is 47.8 Å². The van der Waals surface area contributed by atoms with E-state index in [0.29, 0.717) is 17.1 Å². The van der Waals surface area contributed by atoms with E-state index in [0.717, 1.165) is 5.56 Å². The van der Waals surface area contributed by atoms with Gasteiger partial charge in [0.25, 0.3) is 5.91 Å². The average Bonchev–Trinajstić information content (AvgIpc) is 2.94. The molecule has 1 amide bonds. The lowest BCUT2D eigenvalue weighted by Crippen LogP contribution is -2.40. The monoisotopic (exact) mass is 313 g/mol. The molecule has 1 N–H and O–H groups in total. The van der Waals surface area contributed by atoms with Crippen LogP contribution in [0.5, 0.6) is 0 Å². The topological polar surface area (TPSA) is 63.6 Å². The van der Waals surface area contributed by atoms with E-state index in [2.05, 4.69) is 15.5 Å². The number of hydrogen-bond acceptors (Lipinski definition) is 4. The van der Waals surface area contributed by atoms with E-state index < -0.39 is 5.60 Å². The summed E-state index contributed by atoms with van der Waals surface area (Å²) in [6.07, 6.45) is 1.85. The molecule has 2 heterocycles. The molecule has 1 aliphatic rings. The summed E-state index contributed by atoms with van der Waals surface area (Å²) < 4.78 is 13.8. The van der Waals surface area contributed by atoms with Crippen LogP contribution in [0.1, 0.15) is 24.5 Å². The van der Waals surface area contributed by atoms with E-state index in [-0.39, 0.29) is 18.1 Å². The Morgan fingerprint density at radius 1 is 1.30 bits per heavy atom. The molecule has 5 nitrogen and oxygen atoms in total.